The molecule has 2 aliphatic heterocycles. The second-order valence-electron chi connectivity index (χ2n) is 8.69. The van der Waals surface area contributed by atoms with E-state index in [-0.39, 0.29) is 23.8 Å². The molecule has 0 aliphatic carbocycles. The number of amides is 2. The molecular weight excluding hydrogens is 402 g/mol. The summed E-state index contributed by atoms with van der Waals surface area (Å²) < 4.78 is 6.14. The molecule has 0 saturated carbocycles. The van der Waals surface area contributed by atoms with E-state index in [9.17, 15) is 9.59 Å². The molecule has 3 aromatic rings. The third-order valence-corrected chi connectivity index (χ3v) is 6.62. The van der Waals surface area contributed by atoms with E-state index in [4.69, 9.17) is 4.74 Å². The number of pyridine rings is 1. The van der Waals surface area contributed by atoms with Crippen molar-refractivity contribution in [1.82, 2.24) is 15.2 Å². The Bertz CT molecular complexity index is 1150. The molecule has 3 heterocycles. The maximum atomic E-state index is 12.6. The molecule has 1 saturated heterocycles. The lowest BCUT2D eigenvalue weighted by molar-refractivity contribution is -0.134. The Hall–Kier alpha value is -3.41. The van der Waals surface area contributed by atoms with Crippen molar-refractivity contribution in [3.8, 4) is 16.9 Å². The van der Waals surface area contributed by atoms with E-state index in [0.717, 1.165) is 36.1 Å². The zero-order chi connectivity index (χ0) is 22.1. The van der Waals surface area contributed by atoms with Crippen LogP contribution in [-0.2, 0) is 16.0 Å². The van der Waals surface area contributed by atoms with Crippen molar-refractivity contribution in [2.75, 3.05) is 19.6 Å². The lowest BCUT2D eigenvalue weighted by atomic mass is 9.95. The number of hydrogen-bond acceptors (Lipinski definition) is 4. The highest BCUT2D eigenvalue weighted by Gasteiger charge is 2.29. The molecule has 1 aromatic heterocycles. The molecule has 0 bridgehead atoms. The van der Waals surface area contributed by atoms with Crippen LogP contribution in [0.25, 0.3) is 21.9 Å². The van der Waals surface area contributed by atoms with E-state index in [0.29, 0.717) is 19.6 Å². The maximum Gasteiger partial charge on any atom is 0.223 e. The van der Waals surface area contributed by atoms with Gasteiger partial charge in [0.1, 0.15) is 11.9 Å². The topological polar surface area (TPSA) is 71.5 Å². The minimum Gasteiger partial charge on any atom is -0.488 e. The molecule has 1 atom stereocenters. The second-order valence-corrected chi connectivity index (χ2v) is 8.69. The Morgan fingerprint density at radius 1 is 1.12 bits per heavy atom. The van der Waals surface area contributed by atoms with Gasteiger partial charge in [0.2, 0.25) is 11.8 Å². The van der Waals surface area contributed by atoms with E-state index in [1.165, 1.54) is 16.3 Å². The molecule has 32 heavy (non-hydrogen) atoms. The van der Waals surface area contributed by atoms with Crippen LogP contribution < -0.4 is 10.1 Å². The quantitative estimate of drug-likeness (QED) is 0.688. The molecule has 2 aromatic carbocycles. The zero-order valence-corrected chi connectivity index (χ0v) is 18.2. The van der Waals surface area contributed by atoms with Gasteiger partial charge in [-0.2, -0.15) is 0 Å². The summed E-state index contributed by atoms with van der Waals surface area (Å²) in [4.78, 5) is 30.1. The standard InChI is InChI=1S/C26H27N3O3/c1-17(30)29-11-8-18(9-12-29)26(31)28-16-22-14-24-23-6-4-19(21-3-2-10-27-15-21)13-20(23)5-7-25(24)32-22/h2-7,10,13,15,18,22H,8-9,11-12,14,16H2,1H3,(H,28,31). The number of fused-ring (bicyclic) bond motifs is 3. The van der Waals surface area contributed by atoms with Crippen LogP contribution in [0.15, 0.2) is 54.9 Å². The number of ether oxygens (including phenoxy) is 1. The van der Waals surface area contributed by atoms with Crippen molar-refractivity contribution in [3.05, 3.63) is 60.4 Å². The van der Waals surface area contributed by atoms with E-state index in [1.54, 1.807) is 13.1 Å². The van der Waals surface area contributed by atoms with Gasteiger partial charge in [-0.3, -0.25) is 14.6 Å². The third kappa shape index (κ3) is 4.05. The van der Waals surface area contributed by atoms with Crippen LogP contribution in [0, 0.1) is 5.92 Å². The second kappa shape index (κ2) is 8.61. The Labute approximate surface area is 187 Å². The summed E-state index contributed by atoms with van der Waals surface area (Å²) >= 11 is 0. The molecule has 0 spiro atoms. The zero-order valence-electron chi connectivity index (χ0n) is 18.2. The summed E-state index contributed by atoms with van der Waals surface area (Å²) in [6.45, 7) is 3.40. The molecule has 2 amide bonds. The SMILES string of the molecule is CC(=O)N1CCC(C(=O)NCC2Cc3c(ccc4cc(-c5cccnc5)ccc34)O2)CC1. The molecule has 5 rings (SSSR count). The van der Waals surface area contributed by atoms with E-state index in [2.05, 4.69) is 40.6 Å². The van der Waals surface area contributed by atoms with Crippen LogP contribution in [0.2, 0.25) is 0 Å². The molecule has 2 aliphatic rings. The Balaban J connectivity index is 1.22. The fourth-order valence-electron chi connectivity index (χ4n) is 4.79. The molecule has 1 unspecified atom stereocenters. The van der Waals surface area contributed by atoms with Gasteiger partial charge in [-0.25, -0.2) is 0 Å². The van der Waals surface area contributed by atoms with Gasteiger partial charge in [0.05, 0.1) is 6.54 Å². The molecule has 6 nitrogen and oxygen atoms in total. The highest BCUT2D eigenvalue weighted by atomic mass is 16.5. The first-order valence-electron chi connectivity index (χ1n) is 11.2. The molecule has 164 valence electrons. The van der Waals surface area contributed by atoms with Crippen LogP contribution in [0.4, 0.5) is 0 Å². The Morgan fingerprint density at radius 3 is 2.72 bits per heavy atom. The van der Waals surface area contributed by atoms with Crippen LogP contribution in [0.5, 0.6) is 5.75 Å². The summed E-state index contributed by atoms with van der Waals surface area (Å²) in [7, 11) is 0. The number of nitrogens with zero attached hydrogens (tertiary/aromatic N) is 2. The molecule has 1 fully saturated rings. The van der Waals surface area contributed by atoms with Crippen LogP contribution in [0.3, 0.4) is 0 Å². The van der Waals surface area contributed by atoms with Crippen molar-refractivity contribution in [1.29, 1.82) is 0 Å². The first-order chi connectivity index (χ1) is 15.6. The van der Waals surface area contributed by atoms with Crippen molar-refractivity contribution in [2.24, 2.45) is 5.92 Å². The Morgan fingerprint density at radius 2 is 1.97 bits per heavy atom. The summed E-state index contributed by atoms with van der Waals surface area (Å²) in [5.74, 6) is 1.03. The average Bonchev–Trinajstić information content (AvgIpc) is 3.26. The fourth-order valence-corrected chi connectivity index (χ4v) is 4.79. The fraction of sp³-hybridized carbons (Fsp3) is 0.346. The number of carbonyl (C=O) groups excluding carboxylic acids is 2. The number of aromatic nitrogens is 1. The van der Waals surface area contributed by atoms with Crippen molar-refractivity contribution in [3.63, 3.8) is 0 Å². The number of nitrogens with one attached hydrogen (secondary N) is 1. The number of piperidine rings is 1. The average molecular weight is 430 g/mol. The highest BCUT2D eigenvalue weighted by molar-refractivity contribution is 5.91. The van der Waals surface area contributed by atoms with Gasteiger partial charge in [-0.05, 0) is 47.4 Å². The lowest BCUT2D eigenvalue weighted by Crippen LogP contribution is -2.44. The first kappa shape index (κ1) is 20.5. The molecular formula is C26H27N3O3. The van der Waals surface area contributed by atoms with E-state index < -0.39 is 0 Å². The van der Waals surface area contributed by atoms with Gasteiger partial charge in [0, 0.05) is 55.9 Å². The summed E-state index contributed by atoms with van der Waals surface area (Å²) in [5, 5.41) is 5.45. The summed E-state index contributed by atoms with van der Waals surface area (Å²) in [5.41, 5.74) is 3.44. The number of hydrogen-bond donors (Lipinski definition) is 1. The Kier molecular flexibility index (Phi) is 5.52. The normalized spacial score (nSPS) is 18.3. The van der Waals surface area contributed by atoms with Gasteiger partial charge in [0.25, 0.3) is 0 Å². The number of likely N-dealkylation sites (tertiary alicyclic amines) is 1. The number of benzene rings is 2. The van der Waals surface area contributed by atoms with Crippen molar-refractivity contribution in [2.45, 2.75) is 32.3 Å². The maximum absolute atomic E-state index is 12.6. The van der Waals surface area contributed by atoms with Gasteiger partial charge in [-0.15, -0.1) is 0 Å². The highest BCUT2D eigenvalue weighted by Crippen LogP contribution is 2.36. The lowest BCUT2D eigenvalue weighted by Gasteiger charge is -2.30. The van der Waals surface area contributed by atoms with Crippen molar-refractivity contribution < 1.29 is 14.3 Å². The first-order valence-corrected chi connectivity index (χ1v) is 11.2. The molecule has 1 N–H and O–H groups in total. The monoisotopic (exact) mass is 429 g/mol. The van der Waals surface area contributed by atoms with Crippen molar-refractivity contribution >= 4 is 22.6 Å². The summed E-state index contributed by atoms with van der Waals surface area (Å²) in [6.07, 6.45) is 5.82. The van der Waals surface area contributed by atoms with Crippen LogP contribution in [-0.4, -0.2) is 47.4 Å². The van der Waals surface area contributed by atoms with E-state index >= 15 is 0 Å². The smallest absolute Gasteiger partial charge is 0.223 e. The molecule has 6 heteroatoms. The third-order valence-electron chi connectivity index (χ3n) is 6.62. The summed E-state index contributed by atoms with van der Waals surface area (Å²) in [6, 6.07) is 14.6. The van der Waals surface area contributed by atoms with Gasteiger partial charge >= 0.3 is 0 Å². The van der Waals surface area contributed by atoms with Gasteiger partial charge in [-0.1, -0.05) is 24.3 Å². The predicted octanol–water partition coefficient (Wildman–Crippen LogP) is 3.58. The number of rotatable bonds is 4. The van der Waals surface area contributed by atoms with E-state index in [1.807, 2.05) is 23.2 Å². The van der Waals surface area contributed by atoms with Crippen LogP contribution >= 0.6 is 0 Å². The molecule has 0 radical (unpaired) electrons. The minimum atomic E-state index is -0.0603. The largest absolute Gasteiger partial charge is 0.488 e. The van der Waals surface area contributed by atoms with Gasteiger partial charge in [0.15, 0.2) is 0 Å². The van der Waals surface area contributed by atoms with Crippen LogP contribution in [0.1, 0.15) is 25.3 Å². The number of carbonyl (C=O) groups is 2. The predicted molar refractivity (Wildman–Crippen MR) is 123 cm³/mol. The minimum absolute atomic E-state index is 0.0268. The van der Waals surface area contributed by atoms with Gasteiger partial charge < -0.3 is 15.0 Å².